The molecule has 0 aliphatic heterocycles. The second-order valence-electron chi connectivity index (χ2n) is 10.6. The van der Waals surface area contributed by atoms with Gasteiger partial charge in [0.05, 0.1) is 0 Å². The molecule has 4 heteroatoms. The first-order valence-corrected chi connectivity index (χ1v) is 12.1. The topological polar surface area (TPSA) is 52.6 Å². The second-order valence-corrected chi connectivity index (χ2v) is 10.6. The van der Waals surface area contributed by atoms with Crippen molar-refractivity contribution in [2.24, 2.45) is 35.5 Å². The fraction of sp³-hybridized carbons (Fsp3) is 0.920. The Kier molecular flexibility index (Phi) is 9.49. The average molecular weight is 409 g/mol. The van der Waals surface area contributed by atoms with Crippen LogP contribution in [0.2, 0.25) is 0 Å². The first-order chi connectivity index (χ1) is 13.7. The summed E-state index contributed by atoms with van der Waals surface area (Å²) in [6, 6.07) is 0. The van der Waals surface area contributed by atoms with Crippen LogP contribution in [0, 0.1) is 35.5 Å². The summed E-state index contributed by atoms with van der Waals surface area (Å²) in [5.74, 6) is 2.89. The Bertz CT molecular complexity index is 481. The molecule has 6 atom stereocenters. The summed E-state index contributed by atoms with van der Waals surface area (Å²) in [6.07, 6.45) is 7.85. The number of esters is 2. The zero-order chi connectivity index (χ0) is 21.6. The van der Waals surface area contributed by atoms with Crippen molar-refractivity contribution < 1.29 is 19.1 Å². The van der Waals surface area contributed by atoms with E-state index < -0.39 is 0 Å². The monoisotopic (exact) mass is 408 g/mol. The molecule has 29 heavy (non-hydrogen) atoms. The van der Waals surface area contributed by atoms with E-state index in [0.29, 0.717) is 54.8 Å². The maximum absolute atomic E-state index is 12.4. The van der Waals surface area contributed by atoms with Crippen LogP contribution in [0.5, 0.6) is 0 Å². The molecule has 0 heterocycles. The van der Waals surface area contributed by atoms with Crippen molar-refractivity contribution in [2.75, 3.05) is 0 Å². The molecule has 0 amide bonds. The summed E-state index contributed by atoms with van der Waals surface area (Å²) in [6.45, 7) is 13.3. The van der Waals surface area contributed by atoms with Crippen LogP contribution in [0.4, 0.5) is 0 Å². The van der Waals surface area contributed by atoms with E-state index in [1.807, 2.05) is 0 Å². The molecule has 0 saturated heterocycles. The molecule has 0 aromatic rings. The van der Waals surface area contributed by atoms with Gasteiger partial charge < -0.3 is 9.47 Å². The molecule has 2 aliphatic carbocycles. The number of hydrogen-bond acceptors (Lipinski definition) is 4. The van der Waals surface area contributed by atoms with Crippen LogP contribution in [-0.2, 0) is 19.1 Å². The molecule has 0 radical (unpaired) electrons. The summed E-state index contributed by atoms with van der Waals surface area (Å²) in [5, 5.41) is 0. The van der Waals surface area contributed by atoms with Crippen molar-refractivity contribution >= 4 is 11.9 Å². The van der Waals surface area contributed by atoms with Crippen molar-refractivity contribution in [3.8, 4) is 0 Å². The Balaban J connectivity index is 1.74. The quantitative estimate of drug-likeness (QED) is 0.451. The van der Waals surface area contributed by atoms with Crippen LogP contribution in [0.1, 0.15) is 99.3 Å². The lowest BCUT2D eigenvalue weighted by molar-refractivity contribution is -0.157. The van der Waals surface area contributed by atoms with Crippen molar-refractivity contribution in [1.29, 1.82) is 0 Å². The van der Waals surface area contributed by atoms with Crippen LogP contribution >= 0.6 is 0 Å². The Morgan fingerprint density at radius 1 is 0.724 bits per heavy atom. The lowest BCUT2D eigenvalue weighted by atomic mass is 9.75. The van der Waals surface area contributed by atoms with E-state index in [1.54, 1.807) is 0 Å². The maximum atomic E-state index is 12.4. The number of ether oxygens (including phenoxy) is 2. The minimum absolute atomic E-state index is 0.0359. The molecule has 0 N–H and O–H groups in total. The van der Waals surface area contributed by atoms with Gasteiger partial charge in [0.25, 0.3) is 0 Å². The van der Waals surface area contributed by atoms with E-state index in [2.05, 4.69) is 41.5 Å². The normalized spacial score (nSPS) is 33.0. The van der Waals surface area contributed by atoms with E-state index in [9.17, 15) is 9.59 Å². The summed E-state index contributed by atoms with van der Waals surface area (Å²) >= 11 is 0. The van der Waals surface area contributed by atoms with Gasteiger partial charge in [-0.25, -0.2) is 0 Å². The first kappa shape index (κ1) is 24.2. The van der Waals surface area contributed by atoms with Crippen molar-refractivity contribution in [3.63, 3.8) is 0 Å². The van der Waals surface area contributed by atoms with Crippen LogP contribution in [0.15, 0.2) is 0 Å². The molecule has 2 saturated carbocycles. The Labute approximate surface area is 178 Å². The molecule has 0 spiro atoms. The first-order valence-electron chi connectivity index (χ1n) is 12.1. The van der Waals surface area contributed by atoms with Crippen molar-refractivity contribution in [3.05, 3.63) is 0 Å². The summed E-state index contributed by atoms with van der Waals surface area (Å²) < 4.78 is 11.7. The van der Waals surface area contributed by atoms with Crippen molar-refractivity contribution in [1.82, 2.24) is 0 Å². The summed E-state index contributed by atoms with van der Waals surface area (Å²) in [5.41, 5.74) is 0. The number of rotatable bonds is 8. The lowest BCUT2D eigenvalue weighted by Crippen LogP contribution is -2.36. The smallest absolute Gasteiger partial charge is 0.306 e. The molecular weight excluding hydrogens is 364 g/mol. The van der Waals surface area contributed by atoms with Crippen molar-refractivity contribution in [2.45, 2.75) is 112 Å². The van der Waals surface area contributed by atoms with Crippen LogP contribution < -0.4 is 0 Å². The van der Waals surface area contributed by atoms with E-state index in [4.69, 9.17) is 9.47 Å². The minimum atomic E-state index is -0.158. The van der Waals surface area contributed by atoms with Crippen LogP contribution in [0.25, 0.3) is 0 Å². The van der Waals surface area contributed by atoms with Gasteiger partial charge in [0.2, 0.25) is 0 Å². The third-order valence-electron chi connectivity index (χ3n) is 7.25. The highest BCUT2D eigenvalue weighted by atomic mass is 16.5. The highest BCUT2D eigenvalue weighted by molar-refractivity contribution is 5.72. The third-order valence-corrected chi connectivity index (χ3v) is 7.25. The summed E-state index contributed by atoms with van der Waals surface area (Å²) in [7, 11) is 0. The van der Waals surface area contributed by atoms with Crippen LogP contribution in [-0.4, -0.2) is 24.1 Å². The Morgan fingerprint density at radius 3 is 1.45 bits per heavy atom. The van der Waals surface area contributed by atoms with Gasteiger partial charge in [-0.3, -0.25) is 9.59 Å². The SMILES string of the molecule is CC(C)[C@@H]1CC[C@@H](C)CC1OC(=O)CCCC(=O)O[C@@H]1C[C@H](C)CC[C@H]1C(C)C. The van der Waals surface area contributed by atoms with E-state index in [0.717, 1.165) is 25.7 Å². The molecule has 0 aromatic heterocycles. The van der Waals surface area contributed by atoms with Gasteiger partial charge >= 0.3 is 11.9 Å². The zero-order valence-corrected chi connectivity index (χ0v) is 19.6. The standard InChI is InChI=1S/C25H44O4/c1-16(2)20-12-10-18(5)14-22(20)28-24(26)8-7-9-25(27)29-23-15-19(6)11-13-21(23)17(3)4/h16-23H,7-15H2,1-6H3/t18-,19-,20+,21+,22-,23?/m1/s1. The molecule has 1 unspecified atom stereocenters. The molecule has 0 aromatic carbocycles. The largest absolute Gasteiger partial charge is 0.462 e. The van der Waals surface area contributed by atoms with Gasteiger partial charge in [-0.15, -0.1) is 0 Å². The molecular formula is C25H44O4. The van der Waals surface area contributed by atoms with Gasteiger partial charge in [0.1, 0.15) is 12.2 Å². The Morgan fingerprint density at radius 2 is 1.10 bits per heavy atom. The second kappa shape index (κ2) is 11.4. The molecule has 0 bridgehead atoms. The van der Waals surface area contributed by atoms with Gasteiger partial charge in [0, 0.05) is 12.8 Å². The molecule has 4 nitrogen and oxygen atoms in total. The summed E-state index contributed by atoms with van der Waals surface area (Å²) in [4.78, 5) is 24.7. The highest BCUT2D eigenvalue weighted by Gasteiger charge is 2.34. The van der Waals surface area contributed by atoms with E-state index >= 15 is 0 Å². The fourth-order valence-electron chi connectivity index (χ4n) is 5.33. The van der Waals surface area contributed by atoms with Gasteiger partial charge in [0.15, 0.2) is 0 Å². The minimum Gasteiger partial charge on any atom is -0.462 e. The number of carbonyl (C=O) groups excluding carboxylic acids is 2. The van der Waals surface area contributed by atoms with E-state index in [1.165, 1.54) is 12.8 Å². The van der Waals surface area contributed by atoms with Crippen LogP contribution in [0.3, 0.4) is 0 Å². The number of hydrogen-bond donors (Lipinski definition) is 0. The van der Waals surface area contributed by atoms with Gasteiger partial charge in [-0.1, -0.05) is 54.4 Å². The fourth-order valence-corrected chi connectivity index (χ4v) is 5.33. The van der Waals surface area contributed by atoms with Gasteiger partial charge in [-0.2, -0.15) is 0 Å². The lowest BCUT2D eigenvalue weighted by Gasteiger charge is -2.37. The van der Waals surface area contributed by atoms with E-state index in [-0.39, 0.29) is 24.1 Å². The predicted molar refractivity (Wildman–Crippen MR) is 116 cm³/mol. The molecule has 2 rings (SSSR count). The molecule has 2 aliphatic rings. The zero-order valence-electron chi connectivity index (χ0n) is 19.6. The molecule has 168 valence electrons. The number of carbonyl (C=O) groups is 2. The Hall–Kier alpha value is -1.06. The predicted octanol–water partition coefficient (Wildman–Crippen LogP) is 6.16. The van der Waals surface area contributed by atoms with Gasteiger partial charge in [-0.05, 0) is 67.6 Å². The third kappa shape index (κ3) is 7.61. The maximum Gasteiger partial charge on any atom is 0.306 e. The average Bonchev–Trinajstić information content (AvgIpc) is 2.61. The highest BCUT2D eigenvalue weighted by Crippen LogP contribution is 2.36. The molecule has 2 fully saturated rings.